The number of allylic oxidation sites excluding steroid dienone is 1. The molecule has 0 saturated carbocycles. The lowest BCUT2D eigenvalue weighted by Gasteiger charge is -2.23. The predicted molar refractivity (Wildman–Crippen MR) is 117 cm³/mol. The number of benzene rings is 2. The summed E-state index contributed by atoms with van der Waals surface area (Å²) in [7, 11) is 1.90. The van der Waals surface area contributed by atoms with E-state index < -0.39 is 12.6 Å². The van der Waals surface area contributed by atoms with Gasteiger partial charge in [0.2, 0.25) is 0 Å². The van der Waals surface area contributed by atoms with Gasteiger partial charge in [0.15, 0.2) is 12.4 Å². The number of hydrogen-bond donors (Lipinski definition) is 0. The van der Waals surface area contributed by atoms with Crippen LogP contribution >= 0.6 is 11.6 Å². The average Bonchev–Trinajstić information content (AvgIpc) is 2.92. The first kappa shape index (κ1) is 21.4. The van der Waals surface area contributed by atoms with Gasteiger partial charge in [-0.2, -0.15) is 5.26 Å². The average molecular weight is 421 g/mol. The molecule has 0 amide bonds. The highest BCUT2D eigenvalue weighted by Gasteiger charge is 2.38. The van der Waals surface area contributed by atoms with E-state index in [9.17, 15) is 14.9 Å². The zero-order chi connectivity index (χ0) is 21.9. The molecule has 2 aromatic carbocycles. The topological polar surface area (TPSA) is 70.4 Å². The van der Waals surface area contributed by atoms with Crippen LogP contribution in [0, 0.1) is 11.3 Å². The second-order valence-corrected chi connectivity index (χ2v) is 7.93. The second-order valence-electron chi connectivity index (χ2n) is 7.49. The fourth-order valence-electron chi connectivity index (χ4n) is 3.53. The van der Waals surface area contributed by atoms with Gasteiger partial charge in [-0.15, -0.1) is 0 Å². The third-order valence-electron chi connectivity index (χ3n) is 5.11. The fourth-order valence-corrected chi connectivity index (χ4v) is 3.66. The molecule has 2 aromatic rings. The Morgan fingerprint density at radius 2 is 1.83 bits per heavy atom. The summed E-state index contributed by atoms with van der Waals surface area (Å²) in [4.78, 5) is 26.7. The number of carbonyl (C=O) groups excluding carboxylic acids is 2. The molecular formula is C24H21ClN2O3. The number of hydrogen-bond acceptors (Lipinski definition) is 5. The van der Waals surface area contributed by atoms with E-state index >= 15 is 0 Å². The summed E-state index contributed by atoms with van der Waals surface area (Å²) in [5.74, 6) is -1.20. The van der Waals surface area contributed by atoms with E-state index in [4.69, 9.17) is 16.3 Å². The minimum Gasteiger partial charge on any atom is -0.453 e. The molecular weight excluding hydrogens is 400 g/mol. The number of carbonyl (C=O) groups is 2. The van der Waals surface area contributed by atoms with E-state index in [1.807, 2.05) is 56.1 Å². The van der Waals surface area contributed by atoms with Crippen molar-refractivity contribution < 1.29 is 14.3 Å². The summed E-state index contributed by atoms with van der Waals surface area (Å²) in [5.41, 5.74) is 3.08. The number of nitrogens with zero attached hydrogens (tertiary/aromatic N) is 2. The Labute approximate surface area is 180 Å². The van der Waals surface area contributed by atoms with E-state index in [1.54, 1.807) is 24.3 Å². The number of rotatable bonds is 5. The number of fused-ring (bicyclic) bond motifs is 1. The molecule has 3 rings (SSSR count). The Kier molecular flexibility index (Phi) is 6.09. The second kappa shape index (κ2) is 8.56. The van der Waals surface area contributed by atoms with Gasteiger partial charge in [0.1, 0.15) is 11.6 Å². The first-order valence-electron chi connectivity index (χ1n) is 9.37. The van der Waals surface area contributed by atoms with Crippen LogP contribution in [0.4, 0.5) is 5.69 Å². The Morgan fingerprint density at radius 1 is 1.17 bits per heavy atom. The molecule has 0 aliphatic carbocycles. The van der Waals surface area contributed by atoms with Crippen LogP contribution in [0.3, 0.4) is 0 Å². The molecule has 152 valence electrons. The zero-order valence-corrected chi connectivity index (χ0v) is 17.7. The van der Waals surface area contributed by atoms with Gasteiger partial charge in [-0.25, -0.2) is 4.79 Å². The van der Waals surface area contributed by atoms with E-state index in [1.165, 1.54) is 12.2 Å². The Hall–Kier alpha value is -3.36. The number of halogens is 1. The molecule has 1 aliphatic heterocycles. The first-order chi connectivity index (χ1) is 14.2. The lowest BCUT2D eigenvalue weighted by molar-refractivity contribution is -0.142. The van der Waals surface area contributed by atoms with Gasteiger partial charge in [0, 0.05) is 34.9 Å². The van der Waals surface area contributed by atoms with Gasteiger partial charge >= 0.3 is 5.97 Å². The number of ether oxygens (including phenoxy) is 1. The van der Waals surface area contributed by atoms with Crippen molar-refractivity contribution in [2.45, 2.75) is 19.3 Å². The Morgan fingerprint density at radius 3 is 2.47 bits per heavy atom. The van der Waals surface area contributed by atoms with Crippen molar-refractivity contribution in [1.82, 2.24) is 0 Å². The quantitative estimate of drug-likeness (QED) is 0.399. The predicted octanol–water partition coefficient (Wildman–Crippen LogP) is 4.67. The molecule has 0 radical (unpaired) electrons. The van der Waals surface area contributed by atoms with E-state index in [2.05, 4.69) is 0 Å². The molecule has 0 N–H and O–H groups in total. The van der Waals surface area contributed by atoms with E-state index in [0.29, 0.717) is 10.6 Å². The Bertz CT molecular complexity index is 1090. The number of ketones is 1. The van der Waals surface area contributed by atoms with Crippen LogP contribution in [-0.2, 0) is 19.7 Å². The van der Waals surface area contributed by atoms with Crippen LogP contribution in [0.2, 0.25) is 5.02 Å². The molecule has 0 aromatic heterocycles. The molecule has 0 fully saturated rings. The molecule has 0 saturated heterocycles. The Balaban J connectivity index is 1.70. The van der Waals surface area contributed by atoms with Crippen LogP contribution in [0.15, 0.2) is 65.9 Å². The number of likely N-dealkylation sites (N-methyl/N-ethyl adjacent to an activating group) is 1. The zero-order valence-electron chi connectivity index (χ0n) is 17.0. The number of esters is 1. The number of anilines is 1. The third kappa shape index (κ3) is 4.29. The highest BCUT2D eigenvalue weighted by molar-refractivity contribution is 6.30. The maximum Gasteiger partial charge on any atom is 0.349 e. The maximum absolute atomic E-state index is 12.5. The molecule has 1 heterocycles. The molecule has 0 atom stereocenters. The van der Waals surface area contributed by atoms with Crippen molar-refractivity contribution in [3.8, 4) is 6.07 Å². The molecule has 6 heteroatoms. The summed E-state index contributed by atoms with van der Waals surface area (Å²) < 4.78 is 5.08. The summed E-state index contributed by atoms with van der Waals surface area (Å²) in [6, 6.07) is 16.4. The lowest BCUT2D eigenvalue weighted by atomic mass is 9.83. The molecule has 1 aliphatic rings. The summed E-state index contributed by atoms with van der Waals surface area (Å²) in [6.07, 6.45) is 2.90. The molecule has 0 bridgehead atoms. The monoisotopic (exact) mass is 420 g/mol. The van der Waals surface area contributed by atoms with Crippen LogP contribution in [0.5, 0.6) is 0 Å². The highest BCUT2D eigenvalue weighted by Crippen LogP contribution is 2.46. The van der Waals surface area contributed by atoms with Crippen LogP contribution in [0.1, 0.15) is 25.0 Å². The molecule has 0 spiro atoms. The van der Waals surface area contributed by atoms with Gasteiger partial charge in [-0.05, 0) is 35.4 Å². The van der Waals surface area contributed by atoms with Gasteiger partial charge in [0.25, 0.3) is 0 Å². The summed E-state index contributed by atoms with van der Waals surface area (Å²) in [6.45, 7) is 3.65. The molecule has 30 heavy (non-hydrogen) atoms. The maximum atomic E-state index is 12.5. The van der Waals surface area contributed by atoms with Crippen molar-refractivity contribution in [3.63, 3.8) is 0 Å². The van der Waals surface area contributed by atoms with Crippen LogP contribution in [0.25, 0.3) is 6.08 Å². The van der Waals surface area contributed by atoms with Crippen LogP contribution < -0.4 is 4.90 Å². The minimum atomic E-state index is -0.846. The summed E-state index contributed by atoms with van der Waals surface area (Å²) in [5, 5.41) is 9.81. The molecule has 0 unspecified atom stereocenters. The van der Waals surface area contributed by atoms with Crippen molar-refractivity contribution in [3.05, 3.63) is 82.0 Å². The van der Waals surface area contributed by atoms with Gasteiger partial charge in [0.05, 0.1) is 0 Å². The van der Waals surface area contributed by atoms with E-state index in [0.717, 1.165) is 16.9 Å². The largest absolute Gasteiger partial charge is 0.453 e. The lowest BCUT2D eigenvalue weighted by Crippen LogP contribution is -2.25. The minimum absolute atomic E-state index is 0.191. The fraction of sp³-hybridized carbons (Fsp3) is 0.208. The molecule has 5 nitrogen and oxygen atoms in total. The normalized spacial score (nSPS) is 16.2. The highest BCUT2D eigenvalue weighted by atomic mass is 35.5. The van der Waals surface area contributed by atoms with Gasteiger partial charge in [-0.3, -0.25) is 4.79 Å². The van der Waals surface area contributed by atoms with Crippen molar-refractivity contribution in [1.29, 1.82) is 5.26 Å². The SMILES string of the molecule is CN1/C(=C/C(=O)COC(=O)/C(C#N)=C/c2ccc(Cl)cc2)C(C)(C)c2ccccc21. The van der Waals surface area contributed by atoms with Crippen molar-refractivity contribution >= 4 is 35.1 Å². The first-order valence-corrected chi connectivity index (χ1v) is 9.74. The van der Waals surface area contributed by atoms with Crippen molar-refractivity contribution in [2.75, 3.05) is 18.6 Å². The van der Waals surface area contributed by atoms with Crippen LogP contribution in [-0.4, -0.2) is 25.4 Å². The van der Waals surface area contributed by atoms with E-state index in [-0.39, 0.29) is 16.8 Å². The number of para-hydroxylation sites is 1. The smallest absolute Gasteiger partial charge is 0.349 e. The number of nitriles is 1. The third-order valence-corrected chi connectivity index (χ3v) is 5.36. The van der Waals surface area contributed by atoms with Gasteiger partial charge < -0.3 is 9.64 Å². The summed E-state index contributed by atoms with van der Waals surface area (Å²) >= 11 is 5.84. The standard InChI is InChI=1S/C24H21ClN2O3/c1-24(2)20-6-4-5-7-21(20)27(3)22(24)13-19(28)15-30-23(29)17(14-26)12-16-8-10-18(25)11-9-16/h4-13H,15H2,1-3H3/b17-12+,22-13+. The van der Waals surface area contributed by atoms with Gasteiger partial charge in [-0.1, -0.05) is 55.8 Å². The van der Waals surface area contributed by atoms with Crippen molar-refractivity contribution in [2.24, 2.45) is 0 Å².